The van der Waals surface area contributed by atoms with E-state index in [2.05, 4.69) is 22.1 Å². The lowest BCUT2D eigenvalue weighted by molar-refractivity contribution is -0.127. The molecule has 2 aliphatic heterocycles. The number of benzene rings is 1. The van der Waals surface area contributed by atoms with Crippen LogP contribution in [0.5, 0.6) is 0 Å². The molecule has 2 aliphatic rings. The monoisotopic (exact) mass is 353 g/mol. The first-order valence-corrected chi connectivity index (χ1v) is 8.02. The Morgan fingerprint density at radius 1 is 1.40 bits per heavy atom. The second kappa shape index (κ2) is 6.90. The van der Waals surface area contributed by atoms with Crippen LogP contribution in [0.25, 0.3) is 0 Å². The molecular weight excluding hydrogens is 335 g/mol. The first-order valence-electron chi connectivity index (χ1n) is 8.02. The summed E-state index contributed by atoms with van der Waals surface area (Å²) < 4.78 is 40.0. The van der Waals surface area contributed by atoms with E-state index in [1.165, 1.54) is 0 Å². The number of carbonyl (C=O) groups is 1. The summed E-state index contributed by atoms with van der Waals surface area (Å²) in [4.78, 5) is 12.3. The molecule has 0 aliphatic carbocycles. The molecule has 134 valence electrons. The average Bonchev–Trinajstić information content (AvgIpc) is 2.93. The number of fused-ring (bicyclic) bond motifs is 1. The summed E-state index contributed by atoms with van der Waals surface area (Å²) >= 11 is 0. The number of carbonyl (C=O) groups excluding carboxylic acids is 1. The van der Waals surface area contributed by atoms with Crippen LogP contribution in [0.2, 0.25) is 0 Å². The number of nitriles is 1. The van der Waals surface area contributed by atoms with Gasteiger partial charge in [0, 0.05) is 36.4 Å². The summed E-state index contributed by atoms with van der Waals surface area (Å²) in [7, 11) is 0. The average molecular weight is 353 g/mol. The van der Waals surface area contributed by atoms with Crippen LogP contribution >= 0.6 is 0 Å². The number of hydrogen-bond acceptors (Lipinski definition) is 5. The number of hydrogen-bond donors (Lipinski definition) is 3. The van der Waals surface area contributed by atoms with Crippen molar-refractivity contribution in [2.75, 3.05) is 11.9 Å². The van der Waals surface area contributed by atoms with Gasteiger partial charge in [-0.05, 0) is 13.3 Å². The highest BCUT2D eigenvalue weighted by atomic mass is 19.2. The fraction of sp³-hybridized carbons (Fsp3) is 0.500. The van der Waals surface area contributed by atoms with Gasteiger partial charge in [-0.25, -0.2) is 23.6 Å². The number of nitrogens with zero attached hydrogens (tertiary/aromatic N) is 2. The zero-order chi connectivity index (χ0) is 18.1. The van der Waals surface area contributed by atoms with Crippen molar-refractivity contribution in [1.29, 1.82) is 5.26 Å². The molecule has 0 aromatic heterocycles. The molecule has 2 heterocycles. The van der Waals surface area contributed by atoms with Crippen molar-refractivity contribution in [3.05, 3.63) is 29.6 Å². The first-order chi connectivity index (χ1) is 11.9. The van der Waals surface area contributed by atoms with Gasteiger partial charge in [0.1, 0.15) is 6.17 Å². The Morgan fingerprint density at radius 3 is 2.72 bits per heavy atom. The highest BCUT2D eigenvalue weighted by Gasteiger charge is 2.48. The van der Waals surface area contributed by atoms with Gasteiger partial charge >= 0.3 is 0 Å². The molecule has 0 spiro atoms. The Hall–Kier alpha value is -2.31. The quantitative estimate of drug-likeness (QED) is 0.715. The van der Waals surface area contributed by atoms with Crippen LogP contribution in [0.3, 0.4) is 0 Å². The lowest BCUT2D eigenvalue weighted by Gasteiger charge is -2.33. The third-order valence-electron chi connectivity index (χ3n) is 4.63. The van der Waals surface area contributed by atoms with Gasteiger partial charge in [-0.1, -0.05) is 0 Å². The standard InChI is InChI=1S/C16H18F3N5O/c1-8(2-4-20)24-12-3-5-21-16(25)13(12)15(23-24)22-9-6-10(17)14(19)11(18)7-9/h6-8,12-13,15,22-23H,2-3,5H2,1H3,(H,21,25). The normalized spacial score (nSPS) is 27.3. The smallest absolute Gasteiger partial charge is 0.228 e. The number of amides is 1. The maximum absolute atomic E-state index is 13.4. The van der Waals surface area contributed by atoms with Crippen LogP contribution in [0.4, 0.5) is 18.9 Å². The van der Waals surface area contributed by atoms with Gasteiger partial charge in [-0.2, -0.15) is 5.26 Å². The molecule has 4 atom stereocenters. The largest absolute Gasteiger partial charge is 0.368 e. The lowest BCUT2D eigenvalue weighted by Crippen LogP contribution is -2.51. The van der Waals surface area contributed by atoms with Crippen LogP contribution in [0.15, 0.2) is 12.1 Å². The first kappa shape index (κ1) is 17.5. The second-order valence-corrected chi connectivity index (χ2v) is 6.30. The van der Waals surface area contributed by atoms with E-state index in [9.17, 15) is 18.0 Å². The summed E-state index contributed by atoms with van der Waals surface area (Å²) in [5, 5.41) is 16.4. The van der Waals surface area contributed by atoms with Crippen LogP contribution in [-0.4, -0.2) is 35.7 Å². The van der Waals surface area contributed by atoms with Crippen LogP contribution in [0, 0.1) is 34.7 Å². The molecule has 4 unspecified atom stereocenters. The predicted octanol–water partition coefficient (Wildman–Crippen LogP) is 1.47. The van der Waals surface area contributed by atoms with Crippen molar-refractivity contribution >= 4 is 11.6 Å². The van der Waals surface area contributed by atoms with E-state index < -0.39 is 29.5 Å². The van der Waals surface area contributed by atoms with Crippen LogP contribution in [-0.2, 0) is 4.79 Å². The summed E-state index contributed by atoms with van der Waals surface area (Å²) in [5.74, 6) is -4.84. The summed E-state index contributed by atoms with van der Waals surface area (Å²) in [6.45, 7) is 2.38. The minimum atomic E-state index is -1.54. The van der Waals surface area contributed by atoms with Gasteiger partial charge < -0.3 is 10.6 Å². The molecule has 1 aromatic carbocycles. The number of rotatable bonds is 4. The Balaban J connectivity index is 1.85. The zero-order valence-electron chi connectivity index (χ0n) is 13.5. The number of piperidine rings is 1. The van der Waals surface area contributed by atoms with Crippen molar-refractivity contribution in [2.45, 2.75) is 38.0 Å². The minimum Gasteiger partial charge on any atom is -0.368 e. The van der Waals surface area contributed by atoms with Crippen molar-refractivity contribution in [2.24, 2.45) is 5.92 Å². The van der Waals surface area contributed by atoms with Gasteiger partial charge in [-0.15, -0.1) is 0 Å². The van der Waals surface area contributed by atoms with Crippen molar-refractivity contribution in [3.63, 3.8) is 0 Å². The Morgan fingerprint density at radius 2 is 2.08 bits per heavy atom. The molecule has 6 nitrogen and oxygen atoms in total. The van der Waals surface area contributed by atoms with E-state index in [-0.39, 0.29) is 30.1 Å². The fourth-order valence-corrected chi connectivity index (χ4v) is 3.46. The van der Waals surface area contributed by atoms with E-state index >= 15 is 0 Å². The van der Waals surface area contributed by atoms with E-state index in [0.29, 0.717) is 13.0 Å². The molecule has 0 bridgehead atoms. The number of nitrogens with one attached hydrogen (secondary N) is 3. The number of anilines is 1. The molecule has 2 saturated heterocycles. The van der Waals surface area contributed by atoms with Crippen LogP contribution < -0.4 is 16.1 Å². The van der Waals surface area contributed by atoms with Gasteiger partial charge in [-0.3, -0.25) is 4.79 Å². The number of hydrazine groups is 1. The maximum Gasteiger partial charge on any atom is 0.228 e. The van der Waals surface area contributed by atoms with E-state index in [0.717, 1.165) is 12.1 Å². The van der Waals surface area contributed by atoms with Gasteiger partial charge in [0.15, 0.2) is 17.5 Å². The molecule has 0 radical (unpaired) electrons. The molecule has 9 heteroatoms. The van der Waals surface area contributed by atoms with Crippen molar-refractivity contribution in [1.82, 2.24) is 15.8 Å². The molecule has 1 amide bonds. The summed E-state index contributed by atoms with van der Waals surface area (Å²) in [5.41, 5.74) is 3.15. The zero-order valence-corrected chi connectivity index (χ0v) is 13.5. The topological polar surface area (TPSA) is 80.2 Å². The van der Waals surface area contributed by atoms with E-state index in [4.69, 9.17) is 5.26 Å². The van der Waals surface area contributed by atoms with Gasteiger partial charge in [0.25, 0.3) is 0 Å². The second-order valence-electron chi connectivity index (χ2n) is 6.30. The Bertz CT molecular complexity index is 699. The highest BCUT2D eigenvalue weighted by molar-refractivity contribution is 5.82. The molecule has 3 rings (SSSR count). The molecule has 25 heavy (non-hydrogen) atoms. The molecule has 2 fully saturated rings. The third-order valence-corrected chi connectivity index (χ3v) is 4.63. The number of halogens is 3. The van der Waals surface area contributed by atoms with E-state index in [1.807, 2.05) is 11.9 Å². The Labute approximate surface area is 142 Å². The SMILES string of the molecule is CC(CC#N)N1NC(Nc2cc(F)c(F)c(F)c2)C2C(=O)NCCC21. The predicted molar refractivity (Wildman–Crippen MR) is 83.3 cm³/mol. The summed E-state index contributed by atoms with van der Waals surface area (Å²) in [6, 6.07) is 3.49. The fourth-order valence-electron chi connectivity index (χ4n) is 3.46. The molecule has 1 aromatic rings. The van der Waals surface area contributed by atoms with Gasteiger partial charge in [0.05, 0.1) is 18.4 Å². The molecular formula is C16H18F3N5O. The lowest BCUT2D eigenvalue weighted by atomic mass is 9.90. The summed E-state index contributed by atoms with van der Waals surface area (Å²) in [6.07, 6.45) is 0.323. The third kappa shape index (κ3) is 3.27. The van der Waals surface area contributed by atoms with Crippen LogP contribution in [0.1, 0.15) is 19.8 Å². The van der Waals surface area contributed by atoms with Gasteiger partial charge in [0.2, 0.25) is 5.91 Å². The molecule has 0 saturated carbocycles. The highest BCUT2D eigenvalue weighted by Crippen LogP contribution is 2.31. The maximum atomic E-state index is 13.4. The minimum absolute atomic E-state index is 0.0285. The van der Waals surface area contributed by atoms with Crippen molar-refractivity contribution in [3.8, 4) is 6.07 Å². The van der Waals surface area contributed by atoms with Crippen molar-refractivity contribution < 1.29 is 18.0 Å². The molecule has 3 N–H and O–H groups in total. The van der Waals surface area contributed by atoms with E-state index in [1.54, 1.807) is 0 Å². The Kier molecular flexibility index (Phi) is 4.83.